The fourth-order valence-electron chi connectivity index (χ4n) is 2.06. The molecule has 1 unspecified atom stereocenters. The molecule has 1 saturated heterocycles. The van der Waals surface area contributed by atoms with Crippen molar-refractivity contribution >= 4 is 0 Å². The molecule has 2 N–H and O–H groups in total. The molecule has 2 nitrogen and oxygen atoms in total. The summed E-state index contributed by atoms with van der Waals surface area (Å²) in [7, 11) is 0. The van der Waals surface area contributed by atoms with Gasteiger partial charge in [0.25, 0.3) is 0 Å². The summed E-state index contributed by atoms with van der Waals surface area (Å²) in [4.78, 5) is 2.57. The predicted octanol–water partition coefficient (Wildman–Crippen LogP) is 0.962. The smallest absolute Gasteiger partial charge is 0.0255 e. The van der Waals surface area contributed by atoms with Crippen molar-refractivity contribution in [3.8, 4) is 0 Å². The first-order chi connectivity index (χ1) is 5.17. The third-order valence-electron chi connectivity index (χ3n) is 2.82. The Morgan fingerprint density at radius 1 is 1.45 bits per heavy atom. The molecular formula is C9H18N2. The van der Waals surface area contributed by atoms with Crippen LogP contribution in [0.25, 0.3) is 0 Å². The Labute approximate surface area is 68.7 Å². The largest absolute Gasteiger partial charge is 0.324 e. The van der Waals surface area contributed by atoms with Gasteiger partial charge in [-0.25, -0.2) is 0 Å². The fraction of sp³-hybridized carbons (Fsp3) is 1.00. The van der Waals surface area contributed by atoms with Crippen molar-refractivity contribution in [2.45, 2.75) is 44.2 Å². The van der Waals surface area contributed by atoms with Crippen LogP contribution in [0.15, 0.2) is 0 Å². The van der Waals surface area contributed by atoms with Crippen LogP contribution in [0.3, 0.4) is 0 Å². The number of rotatable bonds is 1. The zero-order chi connectivity index (χ0) is 7.90. The molecule has 1 heterocycles. The van der Waals surface area contributed by atoms with Gasteiger partial charge in [0.05, 0.1) is 0 Å². The van der Waals surface area contributed by atoms with Crippen LogP contribution in [-0.2, 0) is 0 Å². The zero-order valence-corrected chi connectivity index (χ0v) is 7.34. The summed E-state index contributed by atoms with van der Waals surface area (Å²) in [5, 5.41) is 0. The lowest BCUT2D eigenvalue weighted by molar-refractivity contribution is 0.153. The number of hydrogen-bond donors (Lipinski definition) is 1. The Morgan fingerprint density at radius 3 is 2.73 bits per heavy atom. The van der Waals surface area contributed by atoms with E-state index in [2.05, 4.69) is 11.8 Å². The summed E-state index contributed by atoms with van der Waals surface area (Å²) < 4.78 is 0. The summed E-state index contributed by atoms with van der Waals surface area (Å²) in [5.74, 6) is 0. The van der Waals surface area contributed by atoms with Gasteiger partial charge in [-0.3, -0.25) is 4.90 Å². The van der Waals surface area contributed by atoms with E-state index in [0.717, 1.165) is 12.6 Å². The molecule has 0 spiro atoms. The normalized spacial score (nSPS) is 40.9. The van der Waals surface area contributed by atoms with Crippen LogP contribution in [0.2, 0.25) is 0 Å². The lowest BCUT2D eigenvalue weighted by Gasteiger charge is -2.37. The molecule has 1 aliphatic carbocycles. The molecule has 1 aliphatic heterocycles. The highest BCUT2D eigenvalue weighted by Gasteiger charge is 2.35. The van der Waals surface area contributed by atoms with Crippen molar-refractivity contribution in [2.75, 3.05) is 13.1 Å². The molecule has 0 aromatic rings. The van der Waals surface area contributed by atoms with Crippen LogP contribution in [0, 0.1) is 0 Å². The molecule has 2 fully saturated rings. The van der Waals surface area contributed by atoms with Gasteiger partial charge in [0.1, 0.15) is 0 Å². The molecule has 0 amide bonds. The molecule has 1 atom stereocenters. The number of nitrogens with zero attached hydrogens (tertiary/aromatic N) is 1. The lowest BCUT2D eigenvalue weighted by atomic mass is 9.92. The van der Waals surface area contributed by atoms with Crippen molar-refractivity contribution in [1.29, 1.82) is 0 Å². The molecule has 0 aromatic heterocycles. The maximum Gasteiger partial charge on any atom is 0.0255 e. The Bertz CT molecular complexity index is 150. The standard InChI is InChI=1S/C9H18N2/c1-9(10)5-2-6-11(7-9)8-3-4-8/h8H,2-7,10H2,1H3. The van der Waals surface area contributed by atoms with E-state index in [4.69, 9.17) is 5.73 Å². The summed E-state index contributed by atoms with van der Waals surface area (Å²) in [6.45, 7) is 4.59. The zero-order valence-electron chi connectivity index (χ0n) is 7.34. The summed E-state index contributed by atoms with van der Waals surface area (Å²) in [6.07, 6.45) is 5.33. The maximum atomic E-state index is 6.09. The highest BCUT2D eigenvalue weighted by Crippen LogP contribution is 2.31. The van der Waals surface area contributed by atoms with Crippen molar-refractivity contribution in [2.24, 2.45) is 5.73 Å². The summed E-state index contributed by atoms with van der Waals surface area (Å²) >= 11 is 0. The quantitative estimate of drug-likeness (QED) is 0.609. The second kappa shape index (κ2) is 2.46. The highest BCUT2D eigenvalue weighted by molar-refractivity contribution is 4.94. The van der Waals surface area contributed by atoms with Gasteiger partial charge in [0, 0.05) is 18.1 Å². The average molecular weight is 154 g/mol. The first kappa shape index (κ1) is 7.56. The third kappa shape index (κ3) is 1.74. The molecule has 2 rings (SSSR count). The van der Waals surface area contributed by atoms with Crippen LogP contribution < -0.4 is 5.73 Å². The van der Waals surface area contributed by atoms with E-state index in [1.54, 1.807) is 0 Å². The van der Waals surface area contributed by atoms with E-state index < -0.39 is 0 Å². The molecule has 64 valence electrons. The molecule has 0 aromatic carbocycles. The maximum absolute atomic E-state index is 6.09. The minimum atomic E-state index is 0.0981. The highest BCUT2D eigenvalue weighted by atomic mass is 15.2. The van der Waals surface area contributed by atoms with Gasteiger partial charge >= 0.3 is 0 Å². The Morgan fingerprint density at radius 2 is 2.18 bits per heavy atom. The summed E-state index contributed by atoms with van der Waals surface area (Å²) in [6, 6.07) is 0.901. The van der Waals surface area contributed by atoms with E-state index in [1.165, 1.54) is 32.2 Å². The van der Waals surface area contributed by atoms with Crippen molar-refractivity contribution in [3.05, 3.63) is 0 Å². The molecule has 0 radical (unpaired) electrons. The van der Waals surface area contributed by atoms with E-state index in [1.807, 2.05) is 0 Å². The van der Waals surface area contributed by atoms with E-state index in [9.17, 15) is 0 Å². The minimum absolute atomic E-state index is 0.0981. The molecule has 2 aliphatic rings. The van der Waals surface area contributed by atoms with E-state index in [0.29, 0.717) is 0 Å². The number of piperidine rings is 1. The Balaban J connectivity index is 1.92. The van der Waals surface area contributed by atoms with Crippen LogP contribution in [0.5, 0.6) is 0 Å². The Hall–Kier alpha value is -0.0800. The third-order valence-corrected chi connectivity index (χ3v) is 2.82. The van der Waals surface area contributed by atoms with E-state index >= 15 is 0 Å². The molecule has 11 heavy (non-hydrogen) atoms. The van der Waals surface area contributed by atoms with Crippen LogP contribution in [0.4, 0.5) is 0 Å². The fourth-order valence-corrected chi connectivity index (χ4v) is 2.06. The van der Waals surface area contributed by atoms with Gasteiger partial charge in [0.2, 0.25) is 0 Å². The SMILES string of the molecule is CC1(N)CCCN(C2CC2)C1. The Kier molecular flexibility index (Phi) is 1.69. The molecule has 0 bridgehead atoms. The van der Waals surface area contributed by atoms with Crippen LogP contribution in [-0.4, -0.2) is 29.6 Å². The van der Waals surface area contributed by atoms with Crippen molar-refractivity contribution in [3.63, 3.8) is 0 Å². The average Bonchev–Trinajstić information content (AvgIpc) is 2.65. The topological polar surface area (TPSA) is 29.3 Å². The lowest BCUT2D eigenvalue weighted by Crippen LogP contribution is -2.52. The van der Waals surface area contributed by atoms with Gasteiger partial charge < -0.3 is 5.73 Å². The monoisotopic (exact) mass is 154 g/mol. The predicted molar refractivity (Wildman–Crippen MR) is 46.4 cm³/mol. The van der Waals surface area contributed by atoms with Crippen LogP contribution >= 0.6 is 0 Å². The number of nitrogens with two attached hydrogens (primary N) is 1. The van der Waals surface area contributed by atoms with Crippen molar-refractivity contribution in [1.82, 2.24) is 4.90 Å². The van der Waals surface area contributed by atoms with Gasteiger partial charge in [-0.05, 0) is 39.2 Å². The first-order valence-electron chi connectivity index (χ1n) is 4.70. The number of likely N-dealkylation sites (tertiary alicyclic amines) is 1. The van der Waals surface area contributed by atoms with Gasteiger partial charge in [-0.15, -0.1) is 0 Å². The first-order valence-corrected chi connectivity index (χ1v) is 4.70. The molecular weight excluding hydrogens is 136 g/mol. The minimum Gasteiger partial charge on any atom is -0.324 e. The second-order valence-electron chi connectivity index (χ2n) is 4.46. The second-order valence-corrected chi connectivity index (χ2v) is 4.46. The molecule has 1 saturated carbocycles. The molecule has 2 heteroatoms. The van der Waals surface area contributed by atoms with Crippen LogP contribution in [0.1, 0.15) is 32.6 Å². The van der Waals surface area contributed by atoms with Crippen molar-refractivity contribution < 1.29 is 0 Å². The number of hydrogen-bond acceptors (Lipinski definition) is 2. The van der Waals surface area contributed by atoms with Gasteiger partial charge in [-0.1, -0.05) is 0 Å². The van der Waals surface area contributed by atoms with Gasteiger partial charge in [0.15, 0.2) is 0 Å². The summed E-state index contributed by atoms with van der Waals surface area (Å²) in [5.41, 5.74) is 6.19. The van der Waals surface area contributed by atoms with E-state index in [-0.39, 0.29) is 5.54 Å². The van der Waals surface area contributed by atoms with Gasteiger partial charge in [-0.2, -0.15) is 0 Å².